The van der Waals surface area contributed by atoms with Crippen LogP contribution in [0.3, 0.4) is 0 Å². The van der Waals surface area contributed by atoms with E-state index in [9.17, 15) is 19.5 Å². The maximum absolute atomic E-state index is 12.7. The van der Waals surface area contributed by atoms with Gasteiger partial charge >= 0.3 is 17.9 Å². The van der Waals surface area contributed by atoms with Crippen molar-refractivity contribution in [3.8, 4) is 0 Å². The first kappa shape index (κ1) is 47.5. The molecule has 0 amide bonds. The van der Waals surface area contributed by atoms with Crippen molar-refractivity contribution in [2.45, 2.75) is 174 Å². The zero-order chi connectivity index (χ0) is 37.1. The molecule has 0 radical (unpaired) electrons. The van der Waals surface area contributed by atoms with Crippen LogP contribution in [0.25, 0.3) is 0 Å². The molecule has 290 valence electrons. The molecule has 0 saturated heterocycles. The van der Waals surface area contributed by atoms with Gasteiger partial charge in [0.05, 0.1) is 34.4 Å². The summed E-state index contributed by atoms with van der Waals surface area (Å²) < 4.78 is 17.2. The van der Waals surface area contributed by atoms with Gasteiger partial charge in [-0.25, -0.2) is 4.79 Å². The number of rotatable bonds is 35. The van der Waals surface area contributed by atoms with E-state index < -0.39 is 18.1 Å². The molecule has 50 heavy (non-hydrogen) atoms. The minimum Gasteiger partial charge on any atom is -0.477 e. The Morgan fingerprint density at radius 1 is 0.620 bits per heavy atom. The molecule has 0 spiro atoms. The van der Waals surface area contributed by atoms with Gasteiger partial charge in [-0.1, -0.05) is 134 Å². The van der Waals surface area contributed by atoms with E-state index in [1.165, 1.54) is 57.8 Å². The number of esters is 2. The first-order chi connectivity index (χ1) is 24.1. The summed E-state index contributed by atoms with van der Waals surface area (Å²) in [4.78, 5) is 36.8. The van der Waals surface area contributed by atoms with Crippen molar-refractivity contribution in [3.05, 3.63) is 36.5 Å². The highest BCUT2D eigenvalue weighted by Crippen LogP contribution is 2.14. The van der Waals surface area contributed by atoms with Gasteiger partial charge in [0.2, 0.25) is 0 Å². The standard InChI is InChI=1S/C42H75NO7/c1-6-8-10-12-14-16-18-20-21-23-24-26-28-30-32-40(44)49-37-38(36-48-35-34-39(42(46)47)43(3,4)5)50-41(45)33-31-29-27-25-22-19-17-15-13-11-9-7-2/h8,10,14,16,20-21,38-39H,6-7,9,11-13,15,17-19,22-37H2,1-5H3/p+1/b10-8+,16-14+,21-20+. The lowest BCUT2D eigenvalue weighted by molar-refractivity contribution is -0.887. The number of nitrogens with zero attached hydrogens (tertiary/aromatic N) is 1. The van der Waals surface area contributed by atoms with E-state index in [1.807, 2.05) is 21.1 Å². The van der Waals surface area contributed by atoms with Crippen LogP contribution >= 0.6 is 0 Å². The number of hydrogen-bond donors (Lipinski definition) is 1. The molecule has 8 heteroatoms. The van der Waals surface area contributed by atoms with Crippen LogP contribution in [0.2, 0.25) is 0 Å². The third-order valence-corrected chi connectivity index (χ3v) is 8.80. The van der Waals surface area contributed by atoms with Gasteiger partial charge in [-0.05, 0) is 44.9 Å². The first-order valence-electron chi connectivity index (χ1n) is 20.0. The molecular weight excluding hydrogens is 630 g/mol. The van der Waals surface area contributed by atoms with E-state index in [2.05, 4.69) is 50.3 Å². The van der Waals surface area contributed by atoms with Crippen LogP contribution in [-0.2, 0) is 28.6 Å². The average Bonchev–Trinajstić information content (AvgIpc) is 3.06. The SMILES string of the molecule is CC/C=C/C/C=C/C/C=C/CCCCCCC(=O)OCC(COCCC(C(=O)O)[N+](C)(C)C)OC(=O)CCCCCCCCCCCCCC. The fourth-order valence-electron chi connectivity index (χ4n) is 5.69. The Morgan fingerprint density at radius 3 is 1.66 bits per heavy atom. The summed E-state index contributed by atoms with van der Waals surface area (Å²) in [6, 6.07) is -0.615. The second-order valence-corrected chi connectivity index (χ2v) is 14.5. The minimum atomic E-state index is -0.879. The Kier molecular flexibility index (Phi) is 32.0. The van der Waals surface area contributed by atoms with Gasteiger partial charge in [0.25, 0.3) is 0 Å². The number of aliphatic carboxylic acids is 1. The van der Waals surface area contributed by atoms with Crippen LogP contribution in [0.4, 0.5) is 0 Å². The molecule has 0 saturated carbocycles. The van der Waals surface area contributed by atoms with Crippen LogP contribution in [0.5, 0.6) is 0 Å². The lowest BCUT2D eigenvalue weighted by Crippen LogP contribution is -2.50. The minimum absolute atomic E-state index is 0.0557. The average molecular weight is 707 g/mol. The molecule has 0 bridgehead atoms. The second kappa shape index (κ2) is 33.7. The number of allylic oxidation sites excluding steroid dienone is 6. The maximum atomic E-state index is 12.7. The maximum Gasteiger partial charge on any atom is 0.362 e. The third kappa shape index (κ3) is 31.5. The Hall–Kier alpha value is -2.45. The van der Waals surface area contributed by atoms with Crippen LogP contribution in [0.1, 0.15) is 162 Å². The van der Waals surface area contributed by atoms with Crippen molar-refractivity contribution < 1.29 is 38.2 Å². The number of carboxylic acids is 1. The first-order valence-corrected chi connectivity index (χ1v) is 20.0. The van der Waals surface area contributed by atoms with Gasteiger partial charge in [0.1, 0.15) is 6.61 Å². The van der Waals surface area contributed by atoms with Gasteiger partial charge < -0.3 is 23.8 Å². The number of hydrogen-bond acceptors (Lipinski definition) is 6. The quantitative estimate of drug-likeness (QED) is 0.0303. The number of ether oxygens (including phenoxy) is 3. The Morgan fingerprint density at radius 2 is 1.12 bits per heavy atom. The molecule has 0 fully saturated rings. The molecule has 8 nitrogen and oxygen atoms in total. The smallest absolute Gasteiger partial charge is 0.362 e. The molecule has 0 heterocycles. The van der Waals surface area contributed by atoms with E-state index in [1.54, 1.807) is 0 Å². The lowest BCUT2D eigenvalue weighted by atomic mass is 10.0. The monoisotopic (exact) mass is 707 g/mol. The summed E-state index contributed by atoms with van der Waals surface area (Å²) in [5.41, 5.74) is 0. The number of carbonyl (C=O) groups is 3. The highest BCUT2D eigenvalue weighted by Gasteiger charge is 2.31. The molecule has 0 aromatic heterocycles. The summed E-state index contributed by atoms with van der Waals surface area (Å²) in [6.07, 6.45) is 36.1. The summed E-state index contributed by atoms with van der Waals surface area (Å²) in [6.45, 7) is 4.59. The van der Waals surface area contributed by atoms with Crippen molar-refractivity contribution in [1.29, 1.82) is 0 Å². The molecule has 0 aliphatic rings. The third-order valence-electron chi connectivity index (χ3n) is 8.80. The van der Waals surface area contributed by atoms with Crippen LogP contribution in [0, 0.1) is 0 Å². The van der Waals surface area contributed by atoms with Crippen molar-refractivity contribution in [1.82, 2.24) is 0 Å². The fourth-order valence-corrected chi connectivity index (χ4v) is 5.69. The number of quaternary nitrogens is 1. The van der Waals surface area contributed by atoms with Crippen LogP contribution < -0.4 is 0 Å². The lowest BCUT2D eigenvalue weighted by Gasteiger charge is -2.31. The highest BCUT2D eigenvalue weighted by atomic mass is 16.6. The zero-order valence-electron chi connectivity index (χ0n) is 32.8. The second-order valence-electron chi connectivity index (χ2n) is 14.5. The van der Waals surface area contributed by atoms with Gasteiger partial charge in [0.15, 0.2) is 12.1 Å². The Labute approximate surface area is 306 Å². The number of unbranched alkanes of at least 4 members (excludes halogenated alkanes) is 15. The summed E-state index contributed by atoms with van der Waals surface area (Å²) >= 11 is 0. The van der Waals surface area contributed by atoms with Crippen LogP contribution in [0.15, 0.2) is 36.5 Å². The number of carboxylic acid groups (broad SMARTS) is 1. The van der Waals surface area contributed by atoms with E-state index in [-0.39, 0.29) is 36.2 Å². The fraction of sp³-hybridized carbons (Fsp3) is 0.786. The number of carbonyl (C=O) groups excluding carboxylic acids is 2. The van der Waals surface area contributed by atoms with Crippen molar-refractivity contribution in [2.24, 2.45) is 0 Å². The van der Waals surface area contributed by atoms with Crippen molar-refractivity contribution in [2.75, 3.05) is 41.0 Å². The van der Waals surface area contributed by atoms with Crippen molar-refractivity contribution in [3.63, 3.8) is 0 Å². The van der Waals surface area contributed by atoms with E-state index in [0.717, 1.165) is 70.6 Å². The van der Waals surface area contributed by atoms with Gasteiger partial charge in [0, 0.05) is 19.3 Å². The molecular formula is C42H76NO7+. The molecule has 1 N–H and O–H groups in total. The molecule has 0 aliphatic heterocycles. The Bertz CT molecular complexity index is 922. The summed E-state index contributed by atoms with van der Waals surface area (Å²) in [5.74, 6) is -1.50. The molecule has 0 rings (SSSR count). The largest absolute Gasteiger partial charge is 0.477 e. The molecule has 2 unspecified atom stereocenters. The van der Waals surface area contributed by atoms with E-state index >= 15 is 0 Å². The highest BCUT2D eigenvalue weighted by molar-refractivity contribution is 5.72. The normalized spacial score (nSPS) is 13.4. The molecule has 0 aromatic carbocycles. The van der Waals surface area contributed by atoms with E-state index in [4.69, 9.17) is 14.2 Å². The van der Waals surface area contributed by atoms with Gasteiger partial charge in [-0.15, -0.1) is 0 Å². The van der Waals surface area contributed by atoms with Crippen LogP contribution in [-0.4, -0.2) is 80.6 Å². The predicted molar refractivity (Wildman–Crippen MR) is 206 cm³/mol. The topological polar surface area (TPSA) is 99.1 Å². The number of likely N-dealkylation sites (N-methyl/N-ethyl adjacent to an activating group) is 1. The van der Waals surface area contributed by atoms with Gasteiger partial charge in [-0.2, -0.15) is 0 Å². The van der Waals surface area contributed by atoms with E-state index in [0.29, 0.717) is 19.3 Å². The summed E-state index contributed by atoms with van der Waals surface area (Å²) in [5, 5.41) is 9.59. The summed E-state index contributed by atoms with van der Waals surface area (Å²) in [7, 11) is 5.51. The molecule has 2 atom stereocenters. The predicted octanol–water partition coefficient (Wildman–Crippen LogP) is 10.3. The zero-order valence-corrected chi connectivity index (χ0v) is 32.8. The van der Waals surface area contributed by atoms with Gasteiger partial charge in [-0.3, -0.25) is 9.59 Å². The van der Waals surface area contributed by atoms with Crippen molar-refractivity contribution >= 4 is 17.9 Å². The molecule has 0 aliphatic carbocycles. The molecule has 0 aromatic rings. The Balaban J connectivity index is 4.43.